The maximum absolute atomic E-state index is 11.6. The summed E-state index contributed by atoms with van der Waals surface area (Å²) < 4.78 is 24.6. The van der Waals surface area contributed by atoms with Gasteiger partial charge >= 0.3 is 0 Å². The molecule has 0 aliphatic rings. The number of aryl methyl sites for hydroxylation is 1. The zero-order valence-corrected chi connectivity index (χ0v) is 10.3. The van der Waals surface area contributed by atoms with Gasteiger partial charge in [-0.25, -0.2) is 18.1 Å². The van der Waals surface area contributed by atoms with Crippen LogP contribution in [0.1, 0.15) is 5.56 Å². The minimum absolute atomic E-state index is 0.127. The van der Waals surface area contributed by atoms with Gasteiger partial charge in [-0.05, 0) is 19.1 Å². The Morgan fingerprint density at radius 2 is 2.12 bits per heavy atom. The smallest absolute Gasteiger partial charge is 0.179 e. The molecular formula is C10H12N4O2S. The van der Waals surface area contributed by atoms with Gasteiger partial charge in [-0.3, -0.25) is 0 Å². The van der Waals surface area contributed by atoms with Crippen LogP contribution < -0.4 is 5.73 Å². The Bertz CT molecular complexity index is 641. The van der Waals surface area contributed by atoms with Crippen molar-refractivity contribution in [3.63, 3.8) is 0 Å². The molecule has 2 rings (SSSR count). The zero-order valence-electron chi connectivity index (χ0n) is 9.45. The number of aromatic nitrogens is 3. The van der Waals surface area contributed by atoms with Gasteiger partial charge in [-0.2, -0.15) is 0 Å². The van der Waals surface area contributed by atoms with Gasteiger partial charge in [0.25, 0.3) is 0 Å². The lowest BCUT2D eigenvalue weighted by Crippen LogP contribution is -2.08. The molecule has 2 N–H and O–H groups in total. The predicted octanol–water partition coefficient (Wildman–Crippen LogP) is 0.561. The lowest BCUT2D eigenvalue weighted by Gasteiger charge is -2.05. The van der Waals surface area contributed by atoms with Crippen LogP contribution in [0.2, 0.25) is 0 Å². The van der Waals surface area contributed by atoms with E-state index in [-0.39, 0.29) is 10.7 Å². The Balaban J connectivity index is 2.68. The van der Waals surface area contributed by atoms with Crippen molar-refractivity contribution in [3.05, 3.63) is 30.1 Å². The lowest BCUT2D eigenvalue weighted by molar-refractivity contribution is 0.600. The summed E-state index contributed by atoms with van der Waals surface area (Å²) in [5.74, 6) is 0.616. The summed E-state index contributed by atoms with van der Waals surface area (Å²) in [5, 5.41) is 4.02. The topological polar surface area (TPSA) is 90.9 Å². The van der Waals surface area contributed by atoms with Gasteiger partial charge in [-0.1, -0.05) is 0 Å². The molecule has 7 heteroatoms. The van der Waals surface area contributed by atoms with Gasteiger partial charge in [-0.15, -0.1) is 5.10 Å². The molecule has 6 nitrogen and oxygen atoms in total. The van der Waals surface area contributed by atoms with Gasteiger partial charge in [0, 0.05) is 24.2 Å². The van der Waals surface area contributed by atoms with Gasteiger partial charge in [0.2, 0.25) is 0 Å². The average Bonchev–Trinajstić information content (AvgIpc) is 2.58. The Morgan fingerprint density at radius 3 is 2.65 bits per heavy atom. The third-order valence-electron chi connectivity index (χ3n) is 2.30. The van der Waals surface area contributed by atoms with Gasteiger partial charge in [0.15, 0.2) is 15.7 Å². The second-order valence-corrected chi connectivity index (χ2v) is 5.72. The molecule has 0 atom stereocenters. The van der Waals surface area contributed by atoms with E-state index in [1.807, 2.05) is 0 Å². The first kappa shape index (κ1) is 11.6. The second kappa shape index (κ2) is 3.85. The molecule has 0 unspecified atom stereocenters. The van der Waals surface area contributed by atoms with Crippen LogP contribution in [0.15, 0.2) is 29.4 Å². The van der Waals surface area contributed by atoms with Crippen LogP contribution in [0.25, 0.3) is 5.82 Å². The molecule has 2 aromatic heterocycles. The highest BCUT2D eigenvalue weighted by Crippen LogP contribution is 2.18. The number of anilines is 1. The predicted molar refractivity (Wildman–Crippen MR) is 63.6 cm³/mol. The SMILES string of the molecule is Cc1cn(-c2ncccc2S(C)(=O)=O)nc1N. The van der Waals surface area contributed by atoms with E-state index in [1.165, 1.54) is 16.9 Å². The second-order valence-electron chi connectivity index (χ2n) is 3.74. The summed E-state index contributed by atoms with van der Waals surface area (Å²) >= 11 is 0. The van der Waals surface area contributed by atoms with Gasteiger partial charge in [0.05, 0.1) is 0 Å². The van der Waals surface area contributed by atoms with Crippen LogP contribution in [0.3, 0.4) is 0 Å². The number of rotatable bonds is 2. The minimum atomic E-state index is -3.35. The molecule has 0 amide bonds. The Morgan fingerprint density at radius 1 is 1.41 bits per heavy atom. The molecule has 2 aromatic rings. The van der Waals surface area contributed by atoms with Crippen molar-refractivity contribution >= 4 is 15.7 Å². The van der Waals surface area contributed by atoms with Crippen molar-refractivity contribution in [2.45, 2.75) is 11.8 Å². The Hall–Kier alpha value is -1.89. The normalized spacial score (nSPS) is 11.6. The molecule has 0 saturated carbocycles. The molecular weight excluding hydrogens is 240 g/mol. The molecule has 17 heavy (non-hydrogen) atoms. The van der Waals surface area contributed by atoms with E-state index in [1.54, 1.807) is 19.2 Å². The molecule has 2 heterocycles. The van der Waals surface area contributed by atoms with E-state index >= 15 is 0 Å². The van der Waals surface area contributed by atoms with Crippen molar-refractivity contribution in [3.8, 4) is 5.82 Å². The monoisotopic (exact) mass is 252 g/mol. The third-order valence-corrected chi connectivity index (χ3v) is 3.42. The van der Waals surface area contributed by atoms with E-state index in [0.29, 0.717) is 5.82 Å². The van der Waals surface area contributed by atoms with Crippen LogP contribution in [-0.2, 0) is 9.84 Å². The quantitative estimate of drug-likeness (QED) is 0.843. The first-order valence-electron chi connectivity index (χ1n) is 4.87. The van der Waals surface area contributed by atoms with Crippen molar-refractivity contribution in [1.29, 1.82) is 0 Å². The first-order valence-corrected chi connectivity index (χ1v) is 6.76. The number of nitrogens with zero attached hydrogens (tertiary/aromatic N) is 3. The summed E-state index contributed by atoms with van der Waals surface area (Å²) in [7, 11) is -3.35. The fourth-order valence-electron chi connectivity index (χ4n) is 1.43. The van der Waals surface area contributed by atoms with Crippen molar-refractivity contribution in [2.75, 3.05) is 12.0 Å². The summed E-state index contributed by atoms with van der Waals surface area (Å²) in [5.41, 5.74) is 6.40. The number of hydrogen-bond donors (Lipinski definition) is 1. The third kappa shape index (κ3) is 2.14. The first-order chi connectivity index (χ1) is 7.89. The highest BCUT2D eigenvalue weighted by atomic mass is 32.2. The summed E-state index contributed by atoms with van der Waals surface area (Å²) in [6, 6.07) is 3.06. The highest BCUT2D eigenvalue weighted by Gasteiger charge is 2.16. The van der Waals surface area contributed by atoms with Gasteiger partial charge < -0.3 is 5.73 Å². The number of hydrogen-bond acceptors (Lipinski definition) is 5. The molecule has 0 bridgehead atoms. The number of pyridine rings is 1. The van der Waals surface area contributed by atoms with E-state index in [0.717, 1.165) is 11.8 Å². The van der Waals surface area contributed by atoms with Crippen LogP contribution >= 0.6 is 0 Å². The molecule has 0 aliphatic carbocycles. The minimum Gasteiger partial charge on any atom is -0.382 e. The standard InChI is InChI=1S/C10H12N4O2S/c1-7-6-14(13-9(7)11)10-8(17(2,15)16)4-3-5-12-10/h3-6H,1-2H3,(H2,11,13). The van der Waals surface area contributed by atoms with Crippen molar-refractivity contribution < 1.29 is 8.42 Å². The van der Waals surface area contributed by atoms with Crippen LogP contribution in [-0.4, -0.2) is 29.4 Å². The zero-order chi connectivity index (χ0) is 12.6. The molecule has 0 spiro atoms. The molecule has 0 saturated heterocycles. The van der Waals surface area contributed by atoms with Crippen molar-refractivity contribution in [1.82, 2.24) is 14.8 Å². The van der Waals surface area contributed by atoms with E-state index in [4.69, 9.17) is 5.73 Å². The van der Waals surface area contributed by atoms with Crippen molar-refractivity contribution in [2.24, 2.45) is 0 Å². The average molecular weight is 252 g/mol. The largest absolute Gasteiger partial charge is 0.382 e. The molecule has 90 valence electrons. The number of nitrogens with two attached hydrogens (primary N) is 1. The molecule has 0 fully saturated rings. The maximum Gasteiger partial charge on any atom is 0.179 e. The molecule has 0 radical (unpaired) electrons. The number of nitrogen functional groups attached to an aromatic ring is 1. The molecule has 0 aromatic carbocycles. The number of sulfone groups is 1. The van der Waals surface area contributed by atoms with Crippen LogP contribution in [0.4, 0.5) is 5.82 Å². The summed E-state index contributed by atoms with van der Waals surface area (Å²) in [6.45, 7) is 1.79. The highest BCUT2D eigenvalue weighted by molar-refractivity contribution is 7.90. The lowest BCUT2D eigenvalue weighted by atomic mass is 10.4. The van der Waals surface area contributed by atoms with Crippen LogP contribution in [0.5, 0.6) is 0 Å². The molecule has 0 aliphatic heterocycles. The fourth-order valence-corrected chi connectivity index (χ4v) is 2.23. The Kier molecular flexibility index (Phi) is 2.62. The van der Waals surface area contributed by atoms with E-state index in [2.05, 4.69) is 10.1 Å². The van der Waals surface area contributed by atoms with Gasteiger partial charge in [0.1, 0.15) is 10.7 Å². The fraction of sp³-hybridized carbons (Fsp3) is 0.200. The van der Waals surface area contributed by atoms with E-state index < -0.39 is 9.84 Å². The van der Waals surface area contributed by atoms with E-state index in [9.17, 15) is 8.42 Å². The summed E-state index contributed by atoms with van der Waals surface area (Å²) in [6.07, 6.45) is 4.29. The Labute approximate surface area is 99.0 Å². The maximum atomic E-state index is 11.6. The summed E-state index contributed by atoms with van der Waals surface area (Å²) in [4.78, 5) is 4.16. The van der Waals surface area contributed by atoms with Crippen LogP contribution in [0, 0.1) is 6.92 Å².